The third kappa shape index (κ3) is 4.11. The highest BCUT2D eigenvalue weighted by molar-refractivity contribution is 9.10. The number of hydrogen-bond donors (Lipinski definition) is 1. The lowest BCUT2D eigenvalue weighted by Gasteiger charge is -2.07. The summed E-state index contributed by atoms with van der Waals surface area (Å²) in [5.74, 6) is -0.0947. The predicted molar refractivity (Wildman–Crippen MR) is 94.5 cm³/mol. The zero-order valence-corrected chi connectivity index (χ0v) is 14.9. The van der Waals surface area contributed by atoms with Crippen LogP contribution in [0, 0.1) is 0 Å². The molecule has 0 bridgehead atoms. The number of rotatable bonds is 6. The molecule has 2 aromatic heterocycles. The third-order valence-electron chi connectivity index (χ3n) is 3.60. The molecule has 0 aliphatic heterocycles. The van der Waals surface area contributed by atoms with Crippen LogP contribution in [0.2, 0.25) is 0 Å². The summed E-state index contributed by atoms with van der Waals surface area (Å²) in [4.78, 5) is 12.3. The first-order valence-electron chi connectivity index (χ1n) is 7.70. The Morgan fingerprint density at radius 1 is 1.17 bits per heavy atom. The molecule has 7 heteroatoms. The number of nitrogens with one attached hydrogen (secondary N) is 1. The molecule has 0 unspecified atom stereocenters. The first kappa shape index (κ1) is 16.4. The molecule has 0 saturated carbocycles. The predicted octanol–water partition coefficient (Wildman–Crippen LogP) is 2.84. The van der Waals surface area contributed by atoms with Gasteiger partial charge in [-0.15, -0.1) is 0 Å². The largest absolute Gasteiger partial charge is 0.348 e. The molecule has 0 atom stereocenters. The van der Waals surface area contributed by atoms with Crippen molar-refractivity contribution < 1.29 is 4.79 Å². The van der Waals surface area contributed by atoms with Gasteiger partial charge < -0.3 is 5.32 Å². The molecule has 24 heavy (non-hydrogen) atoms. The number of aromatic nitrogens is 4. The average Bonchev–Trinajstić information content (AvgIpc) is 3.21. The second-order valence-corrected chi connectivity index (χ2v) is 6.36. The molecule has 1 N–H and O–H groups in total. The molecule has 0 spiro atoms. The molecule has 0 aliphatic carbocycles. The summed E-state index contributed by atoms with van der Waals surface area (Å²) in [6.45, 7) is 3.93. The zero-order chi connectivity index (χ0) is 16.9. The summed E-state index contributed by atoms with van der Waals surface area (Å²) in [7, 11) is 0. The van der Waals surface area contributed by atoms with Crippen LogP contribution >= 0.6 is 15.9 Å². The number of carbonyl (C=O) groups excluding carboxylic acids is 1. The molecule has 3 aromatic rings. The Balaban J connectivity index is 1.63. The van der Waals surface area contributed by atoms with Crippen molar-refractivity contribution >= 4 is 21.8 Å². The minimum atomic E-state index is -0.0947. The summed E-state index contributed by atoms with van der Waals surface area (Å²) >= 11 is 3.38. The second-order valence-electron chi connectivity index (χ2n) is 5.44. The van der Waals surface area contributed by atoms with Gasteiger partial charge in [-0.1, -0.05) is 12.1 Å². The van der Waals surface area contributed by atoms with Gasteiger partial charge in [-0.2, -0.15) is 10.2 Å². The van der Waals surface area contributed by atoms with Gasteiger partial charge >= 0.3 is 0 Å². The van der Waals surface area contributed by atoms with E-state index < -0.39 is 0 Å². The van der Waals surface area contributed by atoms with Crippen LogP contribution in [0.4, 0.5) is 0 Å². The minimum absolute atomic E-state index is 0.0947. The van der Waals surface area contributed by atoms with Crippen molar-refractivity contribution in [3.63, 3.8) is 0 Å². The summed E-state index contributed by atoms with van der Waals surface area (Å²) in [6.07, 6.45) is 7.35. The Morgan fingerprint density at radius 2 is 2.00 bits per heavy atom. The molecule has 0 radical (unpaired) electrons. The highest BCUT2D eigenvalue weighted by Crippen LogP contribution is 2.11. The molecule has 6 nitrogen and oxygen atoms in total. The maximum atomic E-state index is 12.3. The lowest BCUT2D eigenvalue weighted by Crippen LogP contribution is -2.22. The molecule has 1 amide bonds. The van der Waals surface area contributed by atoms with Crippen LogP contribution in [0.5, 0.6) is 0 Å². The molecule has 0 saturated heterocycles. The Morgan fingerprint density at radius 3 is 2.71 bits per heavy atom. The third-order valence-corrected chi connectivity index (χ3v) is 4.01. The van der Waals surface area contributed by atoms with E-state index in [9.17, 15) is 4.79 Å². The lowest BCUT2D eigenvalue weighted by molar-refractivity contribution is 0.0951. The number of hydrogen-bond acceptors (Lipinski definition) is 3. The van der Waals surface area contributed by atoms with Crippen LogP contribution in [0.25, 0.3) is 0 Å². The van der Waals surface area contributed by atoms with Gasteiger partial charge in [-0.05, 0) is 40.5 Å². The van der Waals surface area contributed by atoms with E-state index in [-0.39, 0.29) is 5.91 Å². The fourth-order valence-corrected chi connectivity index (χ4v) is 2.71. The van der Waals surface area contributed by atoms with Gasteiger partial charge in [0.25, 0.3) is 5.91 Å². The van der Waals surface area contributed by atoms with Crippen LogP contribution < -0.4 is 5.32 Å². The lowest BCUT2D eigenvalue weighted by atomic mass is 10.1. The molecule has 0 fully saturated rings. The van der Waals surface area contributed by atoms with Crippen molar-refractivity contribution in [2.75, 3.05) is 0 Å². The van der Waals surface area contributed by atoms with Crippen LogP contribution in [-0.4, -0.2) is 25.5 Å². The van der Waals surface area contributed by atoms with E-state index in [0.29, 0.717) is 18.7 Å². The van der Waals surface area contributed by atoms with Gasteiger partial charge in [0.2, 0.25) is 0 Å². The summed E-state index contributed by atoms with van der Waals surface area (Å²) in [5, 5.41) is 11.4. The van der Waals surface area contributed by atoms with Crippen molar-refractivity contribution in [3.05, 3.63) is 70.2 Å². The fraction of sp³-hybridized carbons (Fsp3) is 0.235. The van der Waals surface area contributed by atoms with Gasteiger partial charge in [0, 0.05) is 36.6 Å². The Labute approximate surface area is 148 Å². The standard InChI is InChI=1S/C17H18BrN5O/c1-2-22-11-14(8-20-22)7-19-17(24)15-5-3-4-13(6-15)10-23-12-16(18)9-21-23/h3-6,8-9,11-12H,2,7,10H2,1H3,(H,19,24). The zero-order valence-electron chi connectivity index (χ0n) is 13.3. The summed E-state index contributed by atoms with van der Waals surface area (Å²) in [6, 6.07) is 7.57. The topological polar surface area (TPSA) is 64.7 Å². The monoisotopic (exact) mass is 387 g/mol. The van der Waals surface area contributed by atoms with E-state index in [1.807, 2.05) is 52.9 Å². The number of carbonyl (C=O) groups is 1. The van der Waals surface area contributed by atoms with E-state index in [0.717, 1.165) is 22.1 Å². The van der Waals surface area contributed by atoms with E-state index >= 15 is 0 Å². The fourth-order valence-electron chi connectivity index (χ4n) is 2.38. The van der Waals surface area contributed by atoms with Gasteiger partial charge in [0.15, 0.2) is 0 Å². The molecule has 3 rings (SSSR count). The molecule has 1 aromatic carbocycles. The first-order valence-corrected chi connectivity index (χ1v) is 8.50. The van der Waals surface area contributed by atoms with Crippen LogP contribution in [-0.2, 0) is 19.6 Å². The second kappa shape index (κ2) is 7.44. The highest BCUT2D eigenvalue weighted by atomic mass is 79.9. The van der Waals surface area contributed by atoms with Crippen LogP contribution in [0.1, 0.15) is 28.4 Å². The Hall–Kier alpha value is -2.41. The summed E-state index contributed by atoms with van der Waals surface area (Å²) < 4.78 is 4.59. The average molecular weight is 388 g/mol. The maximum Gasteiger partial charge on any atom is 0.251 e. The first-order chi connectivity index (χ1) is 11.6. The van der Waals surface area contributed by atoms with Gasteiger partial charge in [0.1, 0.15) is 0 Å². The number of amides is 1. The van der Waals surface area contributed by atoms with Crippen LogP contribution in [0.15, 0.2) is 53.5 Å². The van der Waals surface area contributed by atoms with Crippen molar-refractivity contribution in [2.24, 2.45) is 0 Å². The number of aryl methyl sites for hydroxylation is 1. The van der Waals surface area contributed by atoms with Gasteiger partial charge in [-0.25, -0.2) is 0 Å². The smallest absolute Gasteiger partial charge is 0.251 e. The molecule has 0 aliphatic rings. The summed E-state index contributed by atoms with van der Waals surface area (Å²) in [5.41, 5.74) is 2.65. The molecule has 124 valence electrons. The van der Waals surface area contributed by atoms with Crippen molar-refractivity contribution in [2.45, 2.75) is 26.6 Å². The van der Waals surface area contributed by atoms with E-state index in [4.69, 9.17) is 0 Å². The number of benzene rings is 1. The van der Waals surface area contributed by atoms with Crippen LogP contribution in [0.3, 0.4) is 0 Å². The Kier molecular flexibility index (Phi) is 5.10. The van der Waals surface area contributed by atoms with Gasteiger partial charge in [0.05, 0.1) is 23.4 Å². The van der Waals surface area contributed by atoms with E-state index in [1.165, 1.54) is 0 Å². The number of nitrogens with zero attached hydrogens (tertiary/aromatic N) is 4. The number of halogens is 1. The van der Waals surface area contributed by atoms with Gasteiger partial charge in [-0.3, -0.25) is 14.2 Å². The Bertz CT molecular complexity index is 839. The maximum absolute atomic E-state index is 12.3. The van der Waals surface area contributed by atoms with E-state index in [1.54, 1.807) is 12.4 Å². The van der Waals surface area contributed by atoms with Crippen molar-refractivity contribution in [3.8, 4) is 0 Å². The minimum Gasteiger partial charge on any atom is -0.348 e. The molecule has 2 heterocycles. The SMILES string of the molecule is CCn1cc(CNC(=O)c2cccc(Cn3cc(Br)cn3)c2)cn1. The van der Waals surface area contributed by atoms with Crippen molar-refractivity contribution in [1.29, 1.82) is 0 Å². The van der Waals surface area contributed by atoms with E-state index in [2.05, 4.69) is 31.4 Å². The molecular formula is C17H18BrN5O. The quantitative estimate of drug-likeness (QED) is 0.706. The van der Waals surface area contributed by atoms with Crippen molar-refractivity contribution in [1.82, 2.24) is 24.9 Å². The highest BCUT2D eigenvalue weighted by Gasteiger charge is 2.07. The molecular weight excluding hydrogens is 370 g/mol. The normalized spacial score (nSPS) is 10.8.